The maximum absolute atomic E-state index is 6.39. The highest BCUT2D eigenvalue weighted by molar-refractivity contribution is 5.84. The highest BCUT2D eigenvalue weighted by atomic mass is 16.4. The van der Waals surface area contributed by atoms with Gasteiger partial charge in [-0.3, -0.25) is 0 Å². The zero-order valence-corrected chi connectivity index (χ0v) is 16.3. The van der Waals surface area contributed by atoms with Crippen LogP contribution in [0.15, 0.2) is 114 Å². The van der Waals surface area contributed by atoms with Crippen LogP contribution in [-0.4, -0.2) is 4.98 Å². The van der Waals surface area contributed by atoms with Crippen molar-refractivity contribution in [3.63, 3.8) is 0 Å². The monoisotopic (exact) mass is 388 g/mol. The molecule has 0 aliphatic rings. The number of hydrogen-bond acceptors (Lipinski definition) is 3. The van der Waals surface area contributed by atoms with E-state index in [1.54, 1.807) is 0 Å². The molecule has 0 unspecified atom stereocenters. The Morgan fingerprint density at radius 2 is 1.17 bits per heavy atom. The fourth-order valence-electron chi connectivity index (χ4n) is 3.64. The Morgan fingerprint density at radius 1 is 0.567 bits per heavy atom. The Labute approximate surface area is 175 Å². The number of oxazole rings is 1. The number of benzene rings is 4. The molecule has 0 aliphatic carbocycles. The van der Waals surface area contributed by atoms with Gasteiger partial charge in [0.15, 0.2) is 5.76 Å². The maximum atomic E-state index is 6.39. The van der Waals surface area contributed by atoms with E-state index in [9.17, 15) is 0 Å². The summed E-state index contributed by atoms with van der Waals surface area (Å²) in [6.45, 7) is 0. The number of rotatable bonds is 4. The summed E-state index contributed by atoms with van der Waals surface area (Å²) in [7, 11) is 0. The first kappa shape index (κ1) is 18.0. The van der Waals surface area contributed by atoms with Crippen LogP contribution in [0.2, 0.25) is 0 Å². The van der Waals surface area contributed by atoms with Crippen molar-refractivity contribution in [2.24, 2.45) is 0 Å². The largest absolute Gasteiger partial charge is 0.435 e. The lowest BCUT2D eigenvalue weighted by atomic mass is 9.99. The van der Waals surface area contributed by atoms with Crippen LogP contribution in [0, 0.1) is 0 Å². The van der Waals surface area contributed by atoms with Crippen molar-refractivity contribution in [1.82, 2.24) is 4.98 Å². The van der Waals surface area contributed by atoms with E-state index in [-0.39, 0.29) is 0 Å². The summed E-state index contributed by atoms with van der Waals surface area (Å²) in [5.74, 6) is 1.35. The van der Waals surface area contributed by atoms with Crippen LogP contribution >= 0.6 is 0 Å². The standard InChI is InChI=1S/C27H20N2O/c28-22-15-9-14-21(18-22)23-16-7-8-17-24(23)27-29-25(19-10-3-1-4-11-19)26(30-27)20-12-5-2-6-13-20/h1-18H,28H2. The predicted octanol–water partition coefficient (Wildman–Crippen LogP) is 6.92. The van der Waals surface area contributed by atoms with Gasteiger partial charge >= 0.3 is 0 Å². The average molecular weight is 388 g/mol. The molecule has 0 saturated heterocycles. The molecule has 0 aliphatic heterocycles. The SMILES string of the molecule is Nc1cccc(-c2ccccc2-c2nc(-c3ccccc3)c(-c3ccccc3)o2)c1. The summed E-state index contributed by atoms with van der Waals surface area (Å²) in [5.41, 5.74) is 12.6. The molecule has 5 aromatic rings. The van der Waals surface area contributed by atoms with Crippen LogP contribution in [0.5, 0.6) is 0 Å². The quantitative estimate of drug-likeness (QED) is 0.340. The Balaban J connectivity index is 1.71. The number of nitrogens with two attached hydrogens (primary N) is 1. The molecule has 0 bridgehead atoms. The molecule has 5 rings (SSSR count). The van der Waals surface area contributed by atoms with Gasteiger partial charge < -0.3 is 10.2 Å². The van der Waals surface area contributed by atoms with E-state index in [4.69, 9.17) is 15.1 Å². The minimum atomic E-state index is 0.589. The van der Waals surface area contributed by atoms with Crippen molar-refractivity contribution in [3.05, 3.63) is 109 Å². The van der Waals surface area contributed by atoms with Crippen LogP contribution in [0.3, 0.4) is 0 Å². The van der Waals surface area contributed by atoms with Crippen molar-refractivity contribution < 1.29 is 4.42 Å². The van der Waals surface area contributed by atoms with Crippen LogP contribution < -0.4 is 5.73 Å². The number of nitrogen functional groups attached to an aromatic ring is 1. The van der Waals surface area contributed by atoms with E-state index in [2.05, 4.69) is 18.2 Å². The fourth-order valence-corrected chi connectivity index (χ4v) is 3.64. The van der Waals surface area contributed by atoms with E-state index in [0.29, 0.717) is 5.89 Å². The van der Waals surface area contributed by atoms with Crippen LogP contribution in [-0.2, 0) is 0 Å². The van der Waals surface area contributed by atoms with E-state index >= 15 is 0 Å². The lowest BCUT2D eigenvalue weighted by Gasteiger charge is -2.07. The first-order valence-corrected chi connectivity index (χ1v) is 9.86. The zero-order chi connectivity index (χ0) is 20.3. The smallest absolute Gasteiger partial charge is 0.227 e. The van der Waals surface area contributed by atoms with Gasteiger partial charge in [0.2, 0.25) is 5.89 Å². The highest BCUT2D eigenvalue weighted by Gasteiger charge is 2.19. The molecular weight excluding hydrogens is 368 g/mol. The third-order valence-electron chi connectivity index (χ3n) is 5.07. The molecule has 0 radical (unpaired) electrons. The molecule has 0 fully saturated rings. The average Bonchev–Trinajstić information content (AvgIpc) is 3.26. The molecule has 30 heavy (non-hydrogen) atoms. The van der Waals surface area contributed by atoms with Crippen LogP contribution in [0.1, 0.15) is 0 Å². The second-order valence-corrected chi connectivity index (χ2v) is 7.10. The first-order valence-electron chi connectivity index (χ1n) is 9.86. The van der Waals surface area contributed by atoms with Gasteiger partial charge in [-0.05, 0) is 29.3 Å². The van der Waals surface area contributed by atoms with Crippen LogP contribution in [0.4, 0.5) is 5.69 Å². The molecule has 144 valence electrons. The highest BCUT2D eigenvalue weighted by Crippen LogP contribution is 2.39. The van der Waals surface area contributed by atoms with Crippen molar-refractivity contribution in [2.75, 3.05) is 5.73 Å². The van der Waals surface area contributed by atoms with Gasteiger partial charge in [0, 0.05) is 22.4 Å². The Morgan fingerprint density at radius 3 is 1.87 bits per heavy atom. The summed E-state index contributed by atoms with van der Waals surface area (Å²) in [6.07, 6.45) is 0. The Kier molecular flexibility index (Phi) is 4.62. The molecule has 3 heteroatoms. The van der Waals surface area contributed by atoms with Gasteiger partial charge in [-0.1, -0.05) is 91.0 Å². The maximum Gasteiger partial charge on any atom is 0.227 e. The molecule has 0 spiro atoms. The summed E-state index contributed by atoms with van der Waals surface area (Å²) in [5, 5.41) is 0. The topological polar surface area (TPSA) is 52.0 Å². The third-order valence-corrected chi connectivity index (χ3v) is 5.07. The van der Waals surface area contributed by atoms with E-state index < -0.39 is 0 Å². The molecule has 3 nitrogen and oxygen atoms in total. The molecular formula is C27H20N2O. The van der Waals surface area contributed by atoms with Crippen LogP contribution in [0.25, 0.3) is 45.2 Å². The second-order valence-electron chi connectivity index (χ2n) is 7.10. The summed E-state index contributed by atoms with van der Waals surface area (Å²) < 4.78 is 6.39. The number of nitrogens with zero attached hydrogens (tertiary/aromatic N) is 1. The normalized spacial score (nSPS) is 10.8. The van der Waals surface area contributed by atoms with Crippen molar-refractivity contribution >= 4 is 5.69 Å². The second kappa shape index (κ2) is 7.72. The zero-order valence-electron chi connectivity index (χ0n) is 16.3. The molecule has 0 atom stereocenters. The van der Waals surface area contributed by atoms with E-state index in [1.807, 2.05) is 91.0 Å². The lowest BCUT2D eigenvalue weighted by Crippen LogP contribution is -1.88. The summed E-state index contributed by atoms with van der Waals surface area (Å²) in [4.78, 5) is 4.94. The third kappa shape index (κ3) is 3.38. The van der Waals surface area contributed by atoms with Gasteiger partial charge in [-0.2, -0.15) is 0 Å². The first-order chi connectivity index (χ1) is 14.8. The lowest BCUT2D eigenvalue weighted by molar-refractivity contribution is 0.589. The fraction of sp³-hybridized carbons (Fsp3) is 0. The summed E-state index contributed by atoms with van der Waals surface area (Å²) in [6, 6.07) is 36.2. The molecule has 1 heterocycles. The Bertz CT molecular complexity index is 1230. The van der Waals surface area contributed by atoms with Gasteiger partial charge in [0.25, 0.3) is 0 Å². The number of hydrogen-bond donors (Lipinski definition) is 1. The van der Waals surface area contributed by atoms with Gasteiger partial charge in [-0.25, -0.2) is 4.98 Å². The van der Waals surface area contributed by atoms with Gasteiger partial charge in [0.1, 0.15) is 5.69 Å². The predicted molar refractivity (Wildman–Crippen MR) is 123 cm³/mol. The van der Waals surface area contributed by atoms with Crippen molar-refractivity contribution in [2.45, 2.75) is 0 Å². The number of aromatic nitrogens is 1. The van der Waals surface area contributed by atoms with E-state index in [1.165, 1.54) is 0 Å². The molecule has 2 N–H and O–H groups in total. The minimum absolute atomic E-state index is 0.589. The Hall–Kier alpha value is -4.11. The molecule has 1 aromatic heterocycles. The summed E-state index contributed by atoms with van der Waals surface area (Å²) >= 11 is 0. The van der Waals surface area contributed by atoms with Gasteiger partial charge in [0.05, 0.1) is 0 Å². The number of anilines is 1. The van der Waals surface area contributed by atoms with Gasteiger partial charge in [-0.15, -0.1) is 0 Å². The molecule has 0 amide bonds. The van der Waals surface area contributed by atoms with Crippen molar-refractivity contribution in [1.29, 1.82) is 0 Å². The molecule has 4 aromatic carbocycles. The van der Waals surface area contributed by atoms with E-state index in [0.717, 1.165) is 45.0 Å². The van der Waals surface area contributed by atoms with Crippen molar-refractivity contribution in [3.8, 4) is 45.2 Å². The minimum Gasteiger partial charge on any atom is -0.435 e. The molecule has 0 saturated carbocycles.